The summed E-state index contributed by atoms with van der Waals surface area (Å²) in [5.74, 6) is -0.478. The van der Waals surface area contributed by atoms with Crippen LogP contribution < -0.4 is 4.74 Å². The molecule has 0 unspecified atom stereocenters. The molecular weight excluding hydrogens is 287 g/mol. The third kappa shape index (κ3) is 2.63. The number of methoxy groups -OCH3 is 1. The van der Waals surface area contributed by atoms with E-state index < -0.39 is 11.8 Å². The van der Waals surface area contributed by atoms with E-state index in [1.165, 1.54) is 31.5 Å². The summed E-state index contributed by atoms with van der Waals surface area (Å²) in [7, 11) is 1.49. The number of pyridine rings is 1. The maximum absolute atomic E-state index is 13.7. The highest BCUT2D eigenvalue weighted by molar-refractivity contribution is 6.02. The number of carbonyl (C=O) groups excluding carboxylic acids is 1. The number of esters is 1. The van der Waals surface area contributed by atoms with Crippen molar-refractivity contribution >= 4 is 17.0 Å². The maximum Gasteiger partial charge on any atom is 0.339 e. The lowest BCUT2D eigenvalue weighted by Gasteiger charge is -2.08. The van der Waals surface area contributed by atoms with Crippen molar-refractivity contribution in [3.63, 3.8) is 0 Å². The molecule has 3 aromatic rings. The van der Waals surface area contributed by atoms with Crippen molar-refractivity contribution in [2.45, 2.75) is 6.61 Å². The first-order chi connectivity index (χ1) is 10.7. The maximum atomic E-state index is 13.7. The lowest BCUT2D eigenvalue weighted by atomic mass is 10.2. The Morgan fingerprint density at radius 3 is 3.00 bits per heavy atom. The molecule has 3 rings (SSSR count). The van der Waals surface area contributed by atoms with Crippen molar-refractivity contribution in [3.05, 3.63) is 59.7 Å². The molecule has 0 fully saturated rings. The van der Waals surface area contributed by atoms with Crippen LogP contribution in [-0.2, 0) is 11.3 Å². The third-order valence-corrected chi connectivity index (χ3v) is 3.29. The molecule has 0 spiro atoms. The fraction of sp³-hybridized carbons (Fsp3) is 0.125. The fourth-order valence-electron chi connectivity index (χ4n) is 2.15. The summed E-state index contributed by atoms with van der Waals surface area (Å²) in [4.78, 5) is 19.2. The summed E-state index contributed by atoms with van der Waals surface area (Å²) in [6.07, 6.45) is 3.21. The summed E-state index contributed by atoms with van der Waals surface area (Å²) in [6.45, 7) is -0.171. The van der Waals surface area contributed by atoms with E-state index in [2.05, 4.69) is 9.97 Å². The van der Waals surface area contributed by atoms with E-state index in [1.54, 1.807) is 18.3 Å². The van der Waals surface area contributed by atoms with Crippen LogP contribution in [0.25, 0.3) is 11.0 Å². The molecule has 2 heterocycles. The van der Waals surface area contributed by atoms with Gasteiger partial charge in [0.15, 0.2) is 0 Å². The van der Waals surface area contributed by atoms with Crippen LogP contribution >= 0.6 is 0 Å². The van der Waals surface area contributed by atoms with Crippen LogP contribution in [0.15, 0.2) is 42.7 Å². The largest absolute Gasteiger partial charge is 0.497 e. The molecule has 0 saturated heterocycles. The van der Waals surface area contributed by atoms with Gasteiger partial charge < -0.3 is 14.5 Å². The molecule has 1 aromatic carbocycles. The standard InChI is InChI=1S/C16H13FN2O3/c1-21-11-2-3-14(17)10(8-11)9-22-16(20)13-5-7-19-15-12(13)4-6-18-15/h2-8H,9H2,1H3,(H,18,19). The molecule has 6 heteroatoms. The van der Waals surface area contributed by atoms with Gasteiger partial charge in [0.05, 0.1) is 12.7 Å². The normalized spacial score (nSPS) is 10.6. The Morgan fingerprint density at radius 1 is 1.32 bits per heavy atom. The van der Waals surface area contributed by atoms with Gasteiger partial charge in [0.2, 0.25) is 0 Å². The minimum atomic E-state index is -0.533. The van der Waals surface area contributed by atoms with Crippen molar-refractivity contribution < 1.29 is 18.7 Å². The van der Waals surface area contributed by atoms with E-state index in [0.29, 0.717) is 22.3 Å². The summed E-state index contributed by atoms with van der Waals surface area (Å²) in [6, 6.07) is 7.60. The Balaban J connectivity index is 1.79. The second kappa shape index (κ2) is 5.85. The van der Waals surface area contributed by atoms with Gasteiger partial charge in [-0.3, -0.25) is 0 Å². The number of hydrogen-bond acceptors (Lipinski definition) is 4. The number of rotatable bonds is 4. The fourth-order valence-corrected chi connectivity index (χ4v) is 2.15. The average Bonchev–Trinajstić information content (AvgIpc) is 3.02. The van der Waals surface area contributed by atoms with Crippen LogP contribution in [0.5, 0.6) is 5.75 Å². The molecule has 112 valence electrons. The minimum absolute atomic E-state index is 0.171. The molecule has 0 atom stereocenters. The zero-order valence-corrected chi connectivity index (χ0v) is 11.8. The van der Waals surface area contributed by atoms with Gasteiger partial charge >= 0.3 is 5.97 Å². The highest BCUT2D eigenvalue weighted by Gasteiger charge is 2.14. The van der Waals surface area contributed by atoms with Crippen molar-refractivity contribution in [1.29, 1.82) is 0 Å². The van der Waals surface area contributed by atoms with E-state index in [0.717, 1.165) is 0 Å². The van der Waals surface area contributed by atoms with Crippen LogP contribution in [0.2, 0.25) is 0 Å². The van der Waals surface area contributed by atoms with E-state index in [1.807, 2.05) is 0 Å². The Morgan fingerprint density at radius 2 is 2.18 bits per heavy atom. The molecule has 0 amide bonds. The smallest absolute Gasteiger partial charge is 0.339 e. The number of aromatic amines is 1. The van der Waals surface area contributed by atoms with E-state index >= 15 is 0 Å². The number of nitrogens with one attached hydrogen (secondary N) is 1. The SMILES string of the molecule is COc1ccc(F)c(COC(=O)c2ccnc3[nH]ccc23)c1. The molecule has 0 saturated carbocycles. The molecule has 5 nitrogen and oxygen atoms in total. The van der Waals surface area contributed by atoms with Crippen LogP contribution in [0.4, 0.5) is 4.39 Å². The highest BCUT2D eigenvalue weighted by Crippen LogP contribution is 2.20. The topological polar surface area (TPSA) is 64.2 Å². The number of fused-ring (bicyclic) bond motifs is 1. The monoisotopic (exact) mass is 300 g/mol. The molecular formula is C16H13FN2O3. The van der Waals surface area contributed by atoms with Gasteiger partial charge in [-0.2, -0.15) is 0 Å². The molecule has 0 aliphatic carbocycles. The van der Waals surface area contributed by atoms with Crippen molar-refractivity contribution in [2.75, 3.05) is 7.11 Å². The summed E-state index contributed by atoms with van der Waals surface area (Å²) in [5, 5.41) is 0.665. The number of hydrogen-bond donors (Lipinski definition) is 1. The number of benzene rings is 1. The molecule has 2 aromatic heterocycles. The Bertz CT molecular complexity index is 829. The Hall–Kier alpha value is -2.89. The second-order valence-corrected chi connectivity index (χ2v) is 4.63. The van der Waals surface area contributed by atoms with Crippen molar-refractivity contribution in [2.24, 2.45) is 0 Å². The minimum Gasteiger partial charge on any atom is -0.497 e. The average molecular weight is 300 g/mol. The highest BCUT2D eigenvalue weighted by atomic mass is 19.1. The van der Waals surface area contributed by atoms with Crippen LogP contribution in [0.3, 0.4) is 0 Å². The number of ether oxygens (including phenoxy) is 2. The van der Waals surface area contributed by atoms with Gasteiger partial charge in [-0.05, 0) is 30.3 Å². The molecule has 0 radical (unpaired) electrons. The van der Waals surface area contributed by atoms with Gasteiger partial charge in [0.25, 0.3) is 0 Å². The number of aromatic nitrogens is 2. The summed E-state index contributed by atoms with van der Waals surface area (Å²) in [5.41, 5.74) is 1.24. The molecule has 0 aliphatic heterocycles. The molecule has 1 N–H and O–H groups in total. The van der Waals surface area contributed by atoms with Gasteiger partial charge in [-0.1, -0.05) is 0 Å². The Labute approximate surface area is 125 Å². The zero-order valence-electron chi connectivity index (χ0n) is 11.8. The molecule has 22 heavy (non-hydrogen) atoms. The van der Waals surface area contributed by atoms with Crippen molar-refractivity contribution in [1.82, 2.24) is 9.97 Å². The quantitative estimate of drug-likeness (QED) is 0.752. The van der Waals surface area contributed by atoms with Crippen LogP contribution in [0, 0.1) is 5.82 Å². The first-order valence-electron chi connectivity index (χ1n) is 6.60. The van der Waals surface area contributed by atoms with E-state index in [9.17, 15) is 9.18 Å². The lowest BCUT2D eigenvalue weighted by Crippen LogP contribution is -2.07. The Kier molecular flexibility index (Phi) is 3.74. The summed E-state index contributed by atoms with van der Waals surface area (Å²) >= 11 is 0. The predicted octanol–water partition coefficient (Wildman–Crippen LogP) is 3.07. The van der Waals surface area contributed by atoms with Gasteiger partial charge in [0.1, 0.15) is 23.8 Å². The number of nitrogens with zero attached hydrogens (tertiary/aromatic N) is 1. The van der Waals surface area contributed by atoms with Gasteiger partial charge in [-0.15, -0.1) is 0 Å². The summed E-state index contributed by atoms with van der Waals surface area (Å²) < 4.78 is 23.9. The van der Waals surface area contributed by atoms with E-state index in [4.69, 9.17) is 9.47 Å². The van der Waals surface area contributed by atoms with Crippen molar-refractivity contribution in [3.8, 4) is 5.75 Å². The van der Waals surface area contributed by atoms with Crippen LogP contribution in [-0.4, -0.2) is 23.0 Å². The molecule has 0 bridgehead atoms. The zero-order chi connectivity index (χ0) is 15.5. The third-order valence-electron chi connectivity index (χ3n) is 3.29. The predicted molar refractivity (Wildman–Crippen MR) is 78.2 cm³/mol. The number of carbonyl (C=O) groups is 1. The second-order valence-electron chi connectivity index (χ2n) is 4.63. The number of H-pyrrole nitrogens is 1. The first kappa shape index (κ1) is 14.1. The van der Waals surface area contributed by atoms with Gasteiger partial charge in [-0.25, -0.2) is 14.2 Å². The molecule has 0 aliphatic rings. The van der Waals surface area contributed by atoms with Crippen LogP contribution in [0.1, 0.15) is 15.9 Å². The number of halogens is 1. The van der Waals surface area contributed by atoms with Gasteiger partial charge in [0, 0.05) is 23.3 Å². The first-order valence-corrected chi connectivity index (χ1v) is 6.60. The lowest BCUT2D eigenvalue weighted by molar-refractivity contribution is 0.0471. The van der Waals surface area contributed by atoms with E-state index in [-0.39, 0.29) is 12.2 Å².